The van der Waals surface area contributed by atoms with Crippen molar-refractivity contribution in [3.05, 3.63) is 17.0 Å². The van der Waals surface area contributed by atoms with E-state index in [1.807, 2.05) is 0 Å². The van der Waals surface area contributed by atoms with E-state index in [1.54, 1.807) is 11.3 Å². The van der Waals surface area contributed by atoms with Crippen molar-refractivity contribution in [2.45, 2.75) is 51.9 Å². The van der Waals surface area contributed by atoms with Crippen molar-refractivity contribution >= 4 is 22.7 Å². The maximum atomic E-state index is 10.1. The smallest absolute Gasteiger partial charge is 0.225 e. The number of hydrazine groups is 1. The fraction of sp³-hybridized carbons (Fsp3) is 0.615. The zero-order valence-corrected chi connectivity index (χ0v) is 11.3. The van der Waals surface area contributed by atoms with Gasteiger partial charge in [0.15, 0.2) is 0 Å². The second-order valence-corrected chi connectivity index (χ2v) is 5.14. The third-order valence-corrected chi connectivity index (χ3v) is 3.62. The first kappa shape index (κ1) is 14.0. The van der Waals surface area contributed by atoms with Crippen LogP contribution in [0, 0.1) is 0 Å². The number of carbonyl (C=O) groups is 1. The van der Waals surface area contributed by atoms with Crippen molar-refractivity contribution in [3.8, 4) is 0 Å². The summed E-state index contributed by atoms with van der Waals surface area (Å²) in [5.41, 5.74) is 6.64. The number of aryl methyl sites for hydroxylation is 1. The quantitative estimate of drug-likeness (QED) is 0.379. The van der Waals surface area contributed by atoms with Gasteiger partial charge in [-0.15, -0.1) is 11.3 Å². The van der Waals surface area contributed by atoms with Crippen molar-refractivity contribution < 1.29 is 4.79 Å². The summed E-state index contributed by atoms with van der Waals surface area (Å²) in [5.74, 6) is 0. The van der Waals surface area contributed by atoms with Gasteiger partial charge in [0.05, 0.1) is 0 Å². The highest BCUT2D eigenvalue weighted by molar-refractivity contribution is 7.14. The molecule has 0 atom stereocenters. The summed E-state index contributed by atoms with van der Waals surface area (Å²) in [6.45, 7) is 2.24. The maximum absolute atomic E-state index is 10.1. The molecule has 0 aliphatic carbocycles. The third kappa shape index (κ3) is 6.31. The van der Waals surface area contributed by atoms with Gasteiger partial charge in [0.25, 0.3) is 0 Å². The molecule has 0 saturated heterocycles. The van der Waals surface area contributed by atoms with E-state index in [-0.39, 0.29) is 0 Å². The van der Waals surface area contributed by atoms with Crippen LogP contribution in [0.1, 0.15) is 51.0 Å². The van der Waals surface area contributed by atoms with Gasteiger partial charge in [-0.2, -0.15) is 0 Å². The van der Waals surface area contributed by atoms with E-state index in [9.17, 15) is 4.79 Å². The van der Waals surface area contributed by atoms with Crippen LogP contribution in [-0.2, 0) is 11.2 Å². The number of carbonyl (C=O) groups excluding carboxylic acids is 1. The van der Waals surface area contributed by atoms with Crippen molar-refractivity contribution in [1.82, 2.24) is 5.43 Å². The molecule has 1 heterocycles. The summed E-state index contributed by atoms with van der Waals surface area (Å²) in [6, 6.07) is 2.10. The molecule has 4 heteroatoms. The Bertz CT molecular complexity index is 312. The molecule has 96 valence electrons. The number of hydrogen-bond acceptors (Lipinski definition) is 3. The van der Waals surface area contributed by atoms with Crippen molar-refractivity contribution in [2.75, 3.05) is 5.43 Å². The second-order valence-electron chi connectivity index (χ2n) is 4.22. The van der Waals surface area contributed by atoms with Gasteiger partial charge in [0, 0.05) is 0 Å². The van der Waals surface area contributed by atoms with Gasteiger partial charge in [-0.1, -0.05) is 39.0 Å². The molecule has 17 heavy (non-hydrogen) atoms. The molecule has 0 saturated carbocycles. The standard InChI is InChI=1S/C13H22N2OS/c1-2-3-4-5-6-7-8-12-9-13(17-10-12)15-14-11-16/h9-11,15H,2-8H2,1H3,(H,14,16). The van der Waals surface area contributed by atoms with E-state index >= 15 is 0 Å². The van der Waals surface area contributed by atoms with Crippen molar-refractivity contribution in [1.29, 1.82) is 0 Å². The summed E-state index contributed by atoms with van der Waals surface area (Å²) in [7, 11) is 0. The van der Waals surface area contributed by atoms with Crippen molar-refractivity contribution in [2.24, 2.45) is 0 Å². The topological polar surface area (TPSA) is 41.1 Å². The molecule has 1 aromatic heterocycles. The first-order chi connectivity index (χ1) is 8.36. The van der Waals surface area contributed by atoms with Crippen LogP contribution in [0.2, 0.25) is 0 Å². The lowest BCUT2D eigenvalue weighted by molar-refractivity contribution is -0.109. The highest BCUT2D eigenvalue weighted by atomic mass is 32.1. The molecule has 0 radical (unpaired) electrons. The first-order valence-corrected chi connectivity index (χ1v) is 7.27. The molecule has 0 fully saturated rings. The zero-order chi connectivity index (χ0) is 12.3. The molecule has 1 aromatic rings. The number of unbranched alkanes of at least 4 members (excludes halogenated alkanes) is 5. The van der Waals surface area contributed by atoms with E-state index in [4.69, 9.17) is 0 Å². The van der Waals surface area contributed by atoms with Gasteiger partial charge in [0.2, 0.25) is 6.41 Å². The lowest BCUT2D eigenvalue weighted by Crippen LogP contribution is -2.17. The maximum Gasteiger partial charge on any atom is 0.225 e. The summed E-state index contributed by atoms with van der Waals surface area (Å²) >= 11 is 1.63. The van der Waals surface area contributed by atoms with Crippen LogP contribution in [0.3, 0.4) is 0 Å². The Hall–Kier alpha value is -1.03. The predicted octanol–water partition coefficient (Wildman–Crippen LogP) is 3.72. The SMILES string of the molecule is CCCCCCCCc1csc(NNC=O)c1. The van der Waals surface area contributed by atoms with Gasteiger partial charge in [-0.05, 0) is 29.9 Å². The molecule has 1 rings (SSSR count). The Kier molecular flexibility index (Phi) is 7.47. The van der Waals surface area contributed by atoms with Crippen LogP contribution in [0.5, 0.6) is 0 Å². The van der Waals surface area contributed by atoms with Gasteiger partial charge in [-0.3, -0.25) is 15.6 Å². The number of nitrogens with one attached hydrogen (secondary N) is 2. The molecule has 0 unspecified atom stereocenters. The van der Waals surface area contributed by atoms with Gasteiger partial charge >= 0.3 is 0 Å². The Balaban J connectivity index is 2.10. The van der Waals surface area contributed by atoms with Crippen LogP contribution < -0.4 is 10.9 Å². The second kappa shape index (κ2) is 9.05. The average Bonchev–Trinajstić information content (AvgIpc) is 2.79. The molecular formula is C13H22N2OS. The molecule has 0 bridgehead atoms. The Morgan fingerprint density at radius 2 is 2.00 bits per heavy atom. The van der Waals surface area contributed by atoms with E-state index in [0.29, 0.717) is 6.41 Å². The molecule has 0 aromatic carbocycles. The molecule has 2 N–H and O–H groups in total. The molecular weight excluding hydrogens is 232 g/mol. The summed E-state index contributed by atoms with van der Waals surface area (Å²) in [6.07, 6.45) is 9.78. The predicted molar refractivity (Wildman–Crippen MR) is 74.2 cm³/mol. The lowest BCUT2D eigenvalue weighted by Gasteiger charge is -2.00. The minimum Gasteiger partial charge on any atom is -0.289 e. The minimum absolute atomic E-state index is 0.646. The van der Waals surface area contributed by atoms with Crippen molar-refractivity contribution in [3.63, 3.8) is 0 Å². The third-order valence-electron chi connectivity index (χ3n) is 2.73. The van der Waals surface area contributed by atoms with Crippen LogP contribution in [0.25, 0.3) is 0 Å². The summed E-state index contributed by atoms with van der Waals surface area (Å²) in [4.78, 5) is 10.1. The van der Waals surface area contributed by atoms with Gasteiger partial charge in [-0.25, -0.2) is 0 Å². The van der Waals surface area contributed by atoms with E-state index in [2.05, 4.69) is 29.2 Å². The van der Waals surface area contributed by atoms with Gasteiger partial charge in [0.1, 0.15) is 5.00 Å². The van der Waals surface area contributed by atoms with E-state index in [0.717, 1.165) is 11.4 Å². The van der Waals surface area contributed by atoms with E-state index in [1.165, 1.54) is 44.1 Å². The van der Waals surface area contributed by atoms with Crippen LogP contribution in [0.4, 0.5) is 5.00 Å². The Morgan fingerprint density at radius 1 is 1.24 bits per heavy atom. The normalized spacial score (nSPS) is 10.2. The first-order valence-electron chi connectivity index (χ1n) is 6.39. The van der Waals surface area contributed by atoms with Crippen LogP contribution in [-0.4, -0.2) is 6.41 Å². The number of rotatable bonds is 10. The number of amides is 1. The highest BCUT2D eigenvalue weighted by Gasteiger charge is 1.99. The monoisotopic (exact) mass is 254 g/mol. The van der Waals surface area contributed by atoms with Crippen LogP contribution in [0.15, 0.2) is 11.4 Å². The largest absolute Gasteiger partial charge is 0.289 e. The molecule has 0 aliphatic rings. The Morgan fingerprint density at radius 3 is 2.76 bits per heavy atom. The lowest BCUT2D eigenvalue weighted by atomic mass is 10.1. The Labute approximate surface area is 108 Å². The highest BCUT2D eigenvalue weighted by Crippen LogP contribution is 2.21. The number of thiophene rings is 1. The molecule has 0 aliphatic heterocycles. The molecule has 3 nitrogen and oxygen atoms in total. The van der Waals surface area contributed by atoms with Gasteiger partial charge < -0.3 is 0 Å². The number of anilines is 1. The molecule has 1 amide bonds. The van der Waals surface area contributed by atoms with Crippen LogP contribution >= 0.6 is 11.3 Å². The minimum atomic E-state index is 0.646. The zero-order valence-electron chi connectivity index (χ0n) is 10.5. The fourth-order valence-corrected chi connectivity index (χ4v) is 2.58. The van der Waals surface area contributed by atoms with E-state index < -0.39 is 0 Å². The fourth-order valence-electron chi connectivity index (χ4n) is 1.78. The summed E-state index contributed by atoms with van der Waals surface area (Å²) < 4.78 is 0. The summed E-state index contributed by atoms with van der Waals surface area (Å²) in [5, 5.41) is 3.15. The number of hydrogen-bond donors (Lipinski definition) is 2. The average molecular weight is 254 g/mol. The molecule has 0 spiro atoms.